The number of carbonyl (C=O) groups is 1. The number of benzene rings is 1. The van der Waals surface area contributed by atoms with Crippen LogP contribution in [0.5, 0.6) is 0 Å². The number of Topliss-reactive ketones (excluding diaryl/α,β-unsaturated/α-hetero) is 1. The Morgan fingerprint density at radius 2 is 1.64 bits per heavy atom. The largest absolute Gasteiger partial charge is 0.386 e. The first-order valence-electron chi connectivity index (χ1n) is 19.6. The zero-order chi connectivity index (χ0) is 35.3. The van der Waals surface area contributed by atoms with E-state index in [4.69, 9.17) is 23.7 Å². The predicted octanol–water partition coefficient (Wildman–Crippen LogP) is 6.95. The van der Waals surface area contributed by atoms with Crippen molar-refractivity contribution in [3.8, 4) is 0 Å². The second kappa shape index (κ2) is 9.46. The molecule has 4 aliphatic heterocycles. The zero-order valence-electron chi connectivity index (χ0n) is 31.7. The Labute approximate surface area is 296 Å². The first kappa shape index (κ1) is 32.8. The molecule has 8 heteroatoms. The molecule has 1 aromatic heterocycles. The third-order valence-electron chi connectivity index (χ3n) is 16.1. The normalized spacial score (nSPS) is 48.5. The van der Waals surface area contributed by atoms with E-state index in [9.17, 15) is 9.90 Å². The average molecular weight is 688 g/mol. The molecule has 5 heterocycles. The monoisotopic (exact) mass is 687 g/mol. The van der Waals surface area contributed by atoms with Crippen LogP contribution in [0.3, 0.4) is 0 Å². The lowest BCUT2D eigenvalue weighted by Gasteiger charge is -2.66. The Balaban J connectivity index is 1.06. The van der Waals surface area contributed by atoms with Gasteiger partial charge in [0.15, 0.2) is 17.7 Å². The minimum absolute atomic E-state index is 0.126. The summed E-state index contributed by atoms with van der Waals surface area (Å²) in [7, 11) is 0. The molecule has 6 fully saturated rings. The fraction of sp³-hybridized carbons (Fsp3) is 0.786. The highest BCUT2D eigenvalue weighted by atomic mass is 16.8. The summed E-state index contributed by atoms with van der Waals surface area (Å²) in [5.41, 5.74) is 1.70. The number of ketones is 1. The Kier molecular flexibility index (Phi) is 6.20. The molecule has 2 unspecified atom stereocenters. The Morgan fingerprint density at radius 1 is 0.880 bits per heavy atom. The lowest BCUT2D eigenvalue weighted by molar-refractivity contribution is -0.355. The fourth-order valence-electron chi connectivity index (χ4n) is 13.8. The Hall–Kier alpha value is -1.81. The number of aromatic amines is 1. The first-order chi connectivity index (χ1) is 23.3. The van der Waals surface area contributed by atoms with Crippen LogP contribution in [0.1, 0.15) is 129 Å². The highest BCUT2D eigenvalue weighted by Gasteiger charge is 2.87. The maximum atomic E-state index is 14.3. The van der Waals surface area contributed by atoms with Crippen LogP contribution < -0.4 is 0 Å². The van der Waals surface area contributed by atoms with Gasteiger partial charge in [0.25, 0.3) is 0 Å². The van der Waals surface area contributed by atoms with Gasteiger partial charge in [0.05, 0.1) is 28.8 Å². The Bertz CT molecular complexity index is 1840. The molecule has 4 aliphatic carbocycles. The lowest BCUT2D eigenvalue weighted by atomic mass is 9.40. The summed E-state index contributed by atoms with van der Waals surface area (Å²) in [5.74, 6) is 1.02. The second-order valence-electron chi connectivity index (χ2n) is 20.1. The van der Waals surface area contributed by atoms with E-state index in [2.05, 4.69) is 86.4 Å². The van der Waals surface area contributed by atoms with Gasteiger partial charge in [-0.2, -0.15) is 0 Å². The van der Waals surface area contributed by atoms with Crippen molar-refractivity contribution in [2.45, 2.75) is 178 Å². The minimum Gasteiger partial charge on any atom is -0.386 e. The quantitative estimate of drug-likeness (QED) is 0.330. The van der Waals surface area contributed by atoms with Gasteiger partial charge in [0.1, 0.15) is 23.9 Å². The molecule has 0 bridgehead atoms. The molecule has 50 heavy (non-hydrogen) atoms. The summed E-state index contributed by atoms with van der Waals surface area (Å²) in [6, 6.07) is 4.20. The summed E-state index contributed by atoms with van der Waals surface area (Å²) >= 11 is 0. The van der Waals surface area contributed by atoms with Gasteiger partial charge in [0, 0.05) is 45.3 Å². The average Bonchev–Trinajstić information content (AvgIpc) is 3.51. The first-order valence-corrected chi connectivity index (χ1v) is 19.6. The smallest absolute Gasteiger partial charge is 0.169 e. The maximum Gasteiger partial charge on any atom is 0.169 e. The van der Waals surface area contributed by atoms with Crippen LogP contribution in [0, 0.1) is 29.1 Å². The van der Waals surface area contributed by atoms with Crippen molar-refractivity contribution in [3.05, 3.63) is 34.5 Å². The molecule has 12 atom stereocenters. The molecule has 1 spiro atoms. The molecule has 8 aliphatic rings. The maximum absolute atomic E-state index is 14.3. The molecule has 2 aromatic rings. The number of rotatable bonds is 2. The van der Waals surface area contributed by atoms with Crippen molar-refractivity contribution < 1.29 is 33.6 Å². The molecule has 2 N–H and O–H groups in total. The predicted molar refractivity (Wildman–Crippen MR) is 188 cm³/mol. The summed E-state index contributed by atoms with van der Waals surface area (Å²) < 4.78 is 33.6. The molecular weight excluding hydrogens is 630 g/mol. The number of carbonyl (C=O) groups excluding carboxylic acids is 1. The van der Waals surface area contributed by atoms with Crippen molar-refractivity contribution in [2.24, 2.45) is 29.1 Å². The molecule has 8 nitrogen and oxygen atoms in total. The van der Waals surface area contributed by atoms with Crippen molar-refractivity contribution in [3.63, 3.8) is 0 Å². The van der Waals surface area contributed by atoms with Crippen LogP contribution in [0.2, 0.25) is 0 Å². The molecule has 0 amide bonds. The van der Waals surface area contributed by atoms with Gasteiger partial charge in [-0.25, -0.2) is 0 Å². The third-order valence-corrected chi connectivity index (χ3v) is 16.1. The van der Waals surface area contributed by atoms with Crippen molar-refractivity contribution >= 4 is 16.7 Å². The van der Waals surface area contributed by atoms with Gasteiger partial charge in [-0.15, -0.1) is 0 Å². The van der Waals surface area contributed by atoms with E-state index in [0.29, 0.717) is 18.3 Å². The number of epoxide rings is 1. The molecule has 10 rings (SSSR count). The highest BCUT2D eigenvalue weighted by molar-refractivity contribution is 6.06. The van der Waals surface area contributed by atoms with Crippen LogP contribution >= 0.6 is 0 Å². The van der Waals surface area contributed by atoms with Gasteiger partial charge in [-0.05, 0) is 115 Å². The third kappa shape index (κ3) is 3.59. The van der Waals surface area contributed by atoms with Gasteiger partial charge in [-0.1, -0.05) is 27.7 Å². The minimum atomic E-state index is -1.10. The number of hydrogen-bond donors (Lipinski definition) is 2. The molecule has 1 aromatic carbocycles. The fourth-order valence-corrected chi connectivity index (χ4v) is 13.8. The number of H-pyrrole nitrogens is 1. The number of ether oxygens (including phenoxy) is 5. The van der Waals surface area contributed by atoms with E-state index in [1.54, 1.807) is 0 Å². The lowest BCUT2D eigenvalue weighted by Crippen LogP contribution is -2.77. The van der Waals surface area contributed by atoms with Gasteiger partial charge in [0.2, 0.25) is 0 Å². The molecule has 0 radical (unpaired) electrons. The zero-order valence-corrected chi connectivity index (χ0v) is 31.7. The van der Waals surface area contributed by atoms with Crippen molar-refractivity contribution in [1.82, 2.24) is 4.98 Å². The summed E-state index contributed by atoms with van der Waals surface area (Å²) in [6.07, 6.45) is 4.53. The SMILES string of the molecule is CC(C)C[C@H]1O[C@H]2[C@H]3OC34C(CC[C@]3(C)[C@@]5(C)c6[nH]c7ccc8c(c7c6C[C@@H]5CC[C@@]43O)C[C@@H]3[C@@H](C8=O)C(C)(C)OC3(C)C)O[C@@H]2C(C)(C)O1. The standard InChI is InChI=1S/C42H57NO7/c1-20(2)17-28-47-32-34(38(7,8)48-28)46-27-14-15-39(9)40(10)21(13-16-41(39,45)42(27)35(32)49-42)18-24-29-23-19-25-30(37(5,6)50-36(25,3)4)31(44)22(23)11-12-26(29)43-33(24)40/h11-12,20-21,25,27-28,30,32,34-35,43,45H,13-19H2,1-10H3/t21-,25+,27?,28-,30-,32+,34-,35+,39+,40+,41-,42?/m0/s1. The molecule has 272 valence electrons. The van der Waals surface area contributed by atoms with Crippen LogP contribution in [0.15, 0.2) is 12.1 Å². The van der Waals surface area contributed by atoms with E-state index in [1.807, 2.05) is 0 Å². The van der Waals surface area contributed by atoms with Crippen LogP contribution in [0.25, 0.3) is 10.9 Å². The van der Waals surface area contributed by atoms with Crippen LogP contribution in [-0.2, 0) is 41.9 Å². The summed E-state index contributed by atoms with van der Waals surface area (Å²) in [6.45, 7) is 21.9. The van der Waals surface area contributed by atoms with E-state index in [0.717, 1.165) is 49.6 Å². The van der Waals surface area contributed by atoms with E-state index in [-0.39, 0.29) is 59.3 Å². The van der Waals surface area contributed by atoms with Crippen molar-refractivity contribution in [2.75, 3.05) is 0 Å². The summed E-state index contributed by atoms with van der Waals surface area (Å²) in [4.78, 5) is 18.2. The highest BCUT2D eigenvalue weighted by Crippen LogP contribution is 2.75. The number of aliphatic hydroxyl groups is 1. The van der Waals surface area contributed by atoms with Crippen LogP contribution in [0.4, 0.5) is 0 Å². The van der Waals surface area contributed by atoms with Crippen LogP contribution in [-0.4, -0.2) is 74.6 Å². The van der Waals surface area contributed by atoms with E-state index >= 15 is 0 Å². The van der Waals surface area contributed by atoms with Gasteiger partial charge < -0.3 is 33.8 Å². The van der Waals surface area contributed by atoms with Crippen molar-refractivity contribution in [1.29, 1.82) is 0 Å². The molecule has 2 saturated carbocycles. The second-order valence-corrected chi connectivity index (χ2v) is 20.1. The van der Waals surface area contributed by atoms with E-state index in [1.165, 1.54) is 22.2 Å². The van der Waals surface area contributed by atoms with E-state index < -0.39 is 27.8 Å². The molecular formula is C42H57NO7. The number of hydrogen-bond acceptors (Lipinski definition) is 7. The topological polar surface area (TPSA) is 103 Å². The Morgan fingerprint density at radius 3 is 2.38 bits per heavy atom. The molecule has 4 saturated heterocycles. The van der Waals surface area contributed by atoms with Gasteiger partial charge in [-0.3, -0.25) is 4.79 Å². The number of fused-ring (bicyclic) bond motifs is 12. The number of nitrogens with one attached hydrogen (secondary N) is 1. The number of aromatic nitrogens is 1. The van der Waals surface area contributed by atoms with Gasteiger partial charge >= 0.3 is 0 Å². The summed E-state index contributed by atoms with van der Waals surface area (Å²) in [5, 5.41) is 14.7.